The number of rotatable bonds is 7. The first-order valence-electron chi connectivity index (χ1n) is 22.3. The van der Waals surface area contributed by atoms with Gasteiger partial charge in [0.25, 0.3) is 0 Å². The summed E-state index contributed by atoms with van der Waals surface area (Å²) in [6.45, 7) is 1.06. The maximum Gasteiger partial charge on any atom is 0.180 e. The van der Waals surface area contributed by atoms with Crippen LogP contribution in [0.5, 0.6) is 11.5 Å². The molecule has 1 spiro atoms. The van der Waals surface area contributed by atoms with Gasteiger partial charge >= 0.3 is 0 Å². The van der Waals surface area contributed by atoms with Gasteiger partial charge in [-0.2, -0.15) is 0 Å². The number of anilines is 3. The van der Waals surface area contributed by atoms with E-state index in [0.717, 1.165) is 60.6 Å². The summed E-state index contributed by atoms with van der Waals surface area (Å²) in [4.78, 5) is 4.63. The van der Waals surface area contributed by atoms with Gasteiger partial charge < -0.3 is 14.4 Å². The Bertz CT molecular complexity index is 3370. The van der Waals surface area contributed by atoms with Crippen LogP contribution in [0.4, 0.5) is 17.1 Å². The van der Waals surface area contributed by atoms with Gasteiger partial charge in [-0.25, -0.2) is 0 Å². The second-order valence-corrected chi connectivity index (χ2v) is 18.0. The third-order valence-electron chi connectivity index (χ3n) is 13.5. The van der Waals surface area contributed by atoms with Crippen molar-refractivity contribution in [1.82, 2.24) is 0 Å². The fraction of sp³-hybridized carbons (Fsp3) is 0.0492. The second-order valence-electron chi connectivity index (χ2n) is 16.9. The minimum Gasteiger partial charge on any atom is -0.485 e. The number of thiophene rings is 1. The van der Waals surface area contributed by atoms with Crippen molar-refractivity contribution in [3.05, 3.63) is 247 Å². The van der Waals surface area contributed by atoms with Crippen LogP contribution in [0.15, 0.2) is 224 Å². The number of nitrogens with zero attached hydrogens (tertiary/aromatic N) is 1. The summed E-state index contributed by atoms with van der Waals surface area (Å²) in [5.41, 5.74) is 20.1. The van der Waals surface area contributed by atoms with Gasteiger partial charge in [0.1, 0.15) is 13.2 Å². The highest BCUT2D eigenvalue weighted by Gasteiger charge is 2.51. The van der Waals surface area contributed by atoms with Crippen molar-refractivity contribution in [3.8, 4) is 76.9 Å². The molecule has 0 atom stereocenters. The van der Waals surface area contributed by atoms with Crippen LogP contribution in [0.2, 0.25) is 0 Å². The van der Waals surface area contributed by atoms with E-state index in [1.165, 1.54) is 55.6 Å². The van der Waals surface area contributed by atoms with E-state index < -0.39 is 5.41 Å². The fourth-order valence-electron chi connectivity index (χ4n) is 10.7. The molecule has 0 fully saturated rings. The van der Waals surface area contributed by atoms with E-state index in [1.807, 2.05) is 0 Å². The Morgan fingerprint density at radius 2 is 0.785 bits per heavy atom. The highest BCUT2D eigenvalue weighted by molar-refractivity contribution is 7.19. The van der Waals surface area contributed by atoms with Crippen molar-refractivity contribution in [2.75, 3.05) is 18.1 Å². The molecule has 13 rings (SSSR count). The molecular formula is C61H41NO2S. The van der Waals surface area contributed by atoms with Gasteiger partial charge in [-0.05, 0) is 109 Å². The molecule has 65 heavy (non-hydrogen) atoms. The van der Waals surface area contributed by atoms with Crippen molar-refractivity contribution in [3.63, 3.8) is 0 Å². The van der Waals surface area contributed by atoms with Crippen LogP contribution in [0.3, 0.4) is 0 Å². The molecule has 1 aromatic heterocycles. The summed E-state index contributed by atoms with van der Waals surface area (Å²) >= 11 is 1.73. The topological polar surface area (TPSA) is 21.7 Å². The normalized spacial score (nSPS) is 13.5. The Balaban J connectivity index is 1.04. The Morgan fingerprint density at radius 1 is 0.338 bits per heavy atom. The SMILES string of the molecule is c1ccc(-c2ccc(N(c3ccc(-c4sc(-c5ccccc5)c5c4OCCO5)cc3)c3ccc4c(c3)C3(c5ccccc5-c5ccccc53)c3ccccc3-4)c(-c3ccccc3)c2)cc1. The molecule has 3 nitrogen and oxygen atoms in total. The maximum atomic E-state index is 6.38. The van der Waals surface area contributed by atoms with Crippen LogP contribution in [-0.4, -0.2) is 13.2 Å². The van der Waals surface area contributed by atoms with E-state index in [1.54, 1.807) is 11.3 Å². The third kappa shape index (κ3) is 5.81. The second kappa shape index (κ2) is 15.1. The highest BCUT2D eigenvalue weighted by atomic mass is 32.1. The van der Waals surface area contributed by atoms with Crippen LogP contribution in [0.1, 0.15) is 22.3 Å². The molecule has 10 aromatic rings. The molecule has 9 aromatic carbocycles. The summed E-state index contributed by atoms with van der Waals surface area (Å²) in [6, 6.07) is 82.2. The molecule has 0 N–H and O–H groups in total. The monoisotopic (exact) mass is 851 g/mol. The first-order valence-corrected chi connectivity index (χ1v) is 23.1. The number of ether oxygens (including phenoxy) is 2. The van der Waals surface area contributed by atoms with Crippen molar-refractivity contribution in [1.29, 1.82) is 0 Å². The molecule has 0 radical (unpaired) electrons. The Hall–Kier alpha value is -7.92. The molecule has 4 heteroatoms. The number of benzene rings is 9. The van der Waals surface area contributed by atoms with E-state index in [-0.39, 0.29) is 0 Å². The molecule has 0 saturated carbocycles. The first kappa shape index (κ1) is 37.6. The van der Waals surface area contributed by atoms with Crippen molar-refractivity contribution < 1.29 is 9.47 Å². The van der Waals surface area contributed by atoms with Crippen molar-refractivity contribution in [2.24, 2.45) is 0 Å². The molecule has 2 aliphatic carbocycles. The molecule has 0 amide bonds. The lowest BCUT2D eigenvalue weighted by molar-refractivity contribution is 0.175. The van der Waals surface area contributed by atoms with Gasteiger partial charge in [0, 0.05) is 16.9 Å². The predicted octanol–water partition coefficient (Wildman–Crippen LogP) is 16.0. The molecule has 0 bridgehead atoms. The highest BCUT2D eigenvalue weighted by Crippen LogP contribution is 2.63. The van der Waals surface area contributed by atoms with Gasteiger partial charge in [-0.1, -0.05) is 188 Å². The number of hydrogen-bond donors (Lipinski definition) is 0. The van der Waals surface area contributed by atoms with E-state index in [0.29, 0.717) is 13.2 Å². The van der Waals surface area contributed by atoms with Gasteiger partial charge in [0.2, 0.25) is 0 Å². The molecule has 0 saturated heterocycles. The van der Waals surface area contributed by atoms with Crippen molar-refractivity contribution >= 4 is 28.4 Å². The molecule has 3 aliphatic rings. The molecule has 1 aliphatic heterocycles. The summed E-state index contributed by atoms with van der Waals surface area (Å²) < 4.78 is 12.7. The Kier molecular flexibility index (Phi) is 8.75. The van der Waals surface area contributed by atoms with Gasteiger partial charge in [0.15, 0.2) is 11.5 Å². The molecule has 2 heterocycles. The largest absolute Gasteiger partial charge is 0.485 e. The van der Waals surface area contributed by atoms with E-state index in [9.17, 15) is 0 Å². The van der Waals surface area contributed by atoms with Crippen LogP contribution < -0.4 is 14.4 Å². The summed E-state index contributed by atoms with van der Waals surface area (Å²) in [7, 11) is 0. The summed E-state index contributed by atoms with van der Waals surface area (Å²) in [5.74, 6) is 1.66. The number of fused-ring (bicyclic) bond motifs is 11. The predicted molar refractivity (Wildman–Crippen MR) is 268 cm³/mol. The van der Waals surface area contributed by atoms with Crippen LogP contribution >= 0.6 is 11.3 Å². The number of hydrogen-bond acceptors (Lipinski definition) is 4. The zero-order valence-electron chi connectivity index (χ0n) is 35.4. The van der Waals surface area contributed by atoms with Gasteiger partial charge in [-0.3, -0.25) is 0 Å². The minimum absolute atomic E-state index is 0.471. The lowest BCUT2D eigenvalue weighted by Gasteiger charge is -2.33. The van der Waals surface area contributed by atoms with Gasteiger partial charge in [0.05, 0.1) is 20.9 Å². The zero-order valence-corrected chi connectivity index (χ0v) is 36.3. The Labute approximate surface area is 383 Å². The van der Waals surface area contributed by atoms with Crippen LogP contribution in [0, 0.1) is 0 Å². The van der Waals surface area contributed by atoms with Crippen molar-refractivity contribution in [2.45, 2.75) is 5.41 Å². The summed E-state index contributed by atoms with van der Waals surface area (Å²) in [5, 5.41) is 0. The van der Waals surface area contributed by atoms with Crippen LogP contribution in [-0.2, 0) is 5.41 Å². The maximum absolute atomic E-state index is 6.38. The average molecular weight is 852 g/mol. The molecule has 0 unspecified atom stereocenters. The first-order chi connectivity index (χ1) is 32.3. The average Bonchev–Trinajstić information content (AvgIpc) is 4.02. The lowest BCUT2D eigenvalue weighted by Crippen LogP contribution is -2.26. The summed E-state index contributed by atoms with van der Waals surface area (Å²) in [6.07, 6.45) is 0. The van der Waals surface area contributed by atoms with E-state index in [2.05, 4.69) is 229 Å². The quantitative estimate of drug-likeness (QED) is 0.159. The smallest absolute Gasteiger partial charge is 0.180 e. The zero-order chi connectivity index (χ0) is 42.9. The fourth-order valence-corrected chi connectivity index (χ4v) is 11.9. The molecule has 308 valence electrons. The third-order valence-corrected chi connectivity index (χ3v) is 14.7. The Morgan fingerprint density at radius 3 is 1.35 bits per heavy atom. The van der Waals surface area contributed by atoms with E-state index >= 15 is 0 Å². The minimum atomic E-state index is -0.471. The molecular weight excluding hydrogens is 811 g/mol. The lowest BCUT2D eigenvalue weighted by atomic mass is 9.70. The van der Waals surface area contributed by atoms with Gasteiger partial charge in [-0.15, -0.1) is 11.3 Å². The standard InChI is InChI=1S/C61H41NO2S/c1-4-16-40(17-5-1)44-30-35-56(51(38-44)41-18-6-2-7-19-41)62(45-31-28-43(29-32-45)60-58-57(63-36-37-64-58)59(65-60)42-20-8-3-9-21-42)46-33-34-50-49-24-12-15-27-54(49)61(55(50)39-46)52-25-13-10-22-47(52)48-23-11-14-26-53(48)61/h1-35,38-39H,36-37H2. The van der Waals surface area contributed by atoms with E-state index in [4.69, 9.17) is 9.47 Å². The van der Waals surface area contributed by atoms with Crippen LogP contribution in [0.25, 0.3) is 65.4 Å².